The summed E-state index contributed by atoms with van der Waals surface area (Å²) in [5.74, 6) is -0.0752. The first-order chi connectivity index (χ1) is 8.70. The number of pyridine rings is 1. The van der Waals surface area contributed by atoms with Gasteiger partial charge in [-0.2, -0.15) is 0 Å². The fraction of sp³-hybridized carbons (Fsp3) is 0.143. The molecule has 3 nitrogen and oxygen atoms in total. The van der Waals surface area contributed by atoms with E-state index >= 15 is 0 Å². The van der Waals surface area contributed by atoms with Crippen molar-refractivity contribution in [3.63, 3.8) is 0 Å². The van der Waals surface area contributed by atoms with Crippen molar-refractivity contribution in [2.24, 2.45) is 0 Å². The summed E-state index contributed by atoms with van der Waals surface area (Å²) in [5, 5.41) is 4.28. The predicted octanol–water partition coefficient (Wildman–Crippen LogP) is 2.73. The van der Waals surface area contributed by atoms with E-state index in [0.717, 1.165) is 10.9 Å². The van der Waals surface area contributed by atoms with Crippen LogP contribution < -0.4 is 5.32 Å². The third-order valence-corrected chi connectivity index (χ3v) is 2.82. The molecule has 0 aliphatic rings. The predicted molar refractivity (Wildman–Crippen MR) is 73.7 cm³/mol. The van der Waals surface area contributed by atoms with Gasteiger partial charge in [0.15, 0.2) is 0 Å². The van der Waals surface area contributed by atoms with Crippen molar-refractivity contribution in [2.75, 3.05) is 6.54 Å². The Balaban J connectivity index is 2.22. The number of hydrogen-bond donors (Lipinski definition) is 1. The molecule has 4 heteroatoms. The number of aromatic nitrogens is 1. The molecule has 0 saturated carbocycles. The molecular weight excluding hydrogens is 248 g/mol. The van der Waals surface area contributed by atoms with Crippen LogP contribution in [0.4, 0.5) is 0 Å². The largest absolute Gasteiger partial charge is 0.352 e. The Bertz CT molecular complexity index is 595. The van der Waals surface area contributed by atoms with Gasteiger partial charge < -0.3 is 5.32 Å². The van der Waals surface area contributed by atoms with Gasteiger partial charge in [0.25, 0.3) is 0 Å². The van der Waals surface area contributed by atoms with Crippen LogP contribution in [0, 0.1) is 0 Å². The van der Waals surface area contributed by atoms with Crippen LogP contribution in [0.15, 0.2) is 43.0 Å². The molecular formula is C14H13ClN2O. The Morgan fingerprint density at radius 3 is 3.00 bits per heavy atom. The average Bonchev–Trinajstić information content (AvgIpc) is 2.37. The van der Waals surface area contributed by atoms with Gasteiger partial charge in [-0.25, -0.2) is 0 Å². The van der Waals surface area contributed by atoms with Gasteiger partial charge in [-0.3, -0.25) is 9.78 Å². The number of amides is 1. The fourth-order valence-corrected chi connectivity index (χ4v) is 1.89. The van der Waals surface area contributed by atoms with Crippen molar-refractivity contribution >= 4 is 28.4 Å². The van der Waals surface area contributed by atoms with Crippen molar-refractivity contribution in [1.82, 2.24) is 10.3 Å². The Morgan fingerprint density at radius 2 is 2.22 bits per heavy atom. The number of benzene rings is 1. The first kappa shape index (κ1) is 12.6. The van der Waals surface area contributed by atoms with Gasteiger partial charge in [-0.1, -0.05) is 35.9 Å². The summed E-state index contributed by atoms with van der Waals surface area (Å²) in [6, 6.07) is 9.37. The summed E-state index contributed by atoms with van der Waals surface area (Å²) in [7, 11) is 0. The molecule has 1 N–H and O–H groups in total. The van der Waals surface area contributed by atoms with Gasteiger partial charge in [0.1, 0.15) is 0 Å². The molecule has 92 valence electrons. The second-order valence-corrected chi connectivity index (χ2v) is 4.29. The zero-order valence-electron chi connectivity index (χ0n) is 9.82. The van der Waals surface area contributed by atoms with E-state index in [2.05, 4.69) is 16.9 Å². The normalized spacial score (nSPS) is 10.3. The number of carbonyl (C=O) groups is 1. The third-order valence-electron chi connectivity index (χ3n) is 2.51. The van der Waals surface area contributed by atoms with Crippen LogP contribution in [-0.2, 0) is 11.2 Å². The van der Waals surface area contributed by atoms with Crippen LogP contribution in [0.3, 0.4) is 0 Å². The Morgan fingerprint density at radius 1 is 1.39 bits per heavy atom. The molecule has 1 aromatic heterocycles. The zero-order valence-corrected chi connectivity index (χ0v) is 10.6. The SMILES string of the molecule is C=CCNC(=O)Cc1ccc2cccc(Cl)c2n1. The first-order valence-corrected chi connectivity index (χ1v) is 6.00. The van der Waals surface area contributed by atoms with Gasteiger partial charge in [-0.15, -0.1) is 6.58 Å². The third kappa shape index (κ3) is 2.87. The smallest absolute Gasteiger partial charge is 0.226 e. The van der Waals surface area contributed by atoms with Crippen LogP contribution in [0.2, 0.25) is 5.02 Å². The molecule has 0 aliphatic heterocycles. The van der Waals surface area contributed by atoms with Crippen molar-refractivity contribution in [1.29, 1.82) is 0 Å². The van der Waals surface area contributed by atoms with E-state index in [4.69, 9.17) is 11.6 Å². The molecule has 0 unspecified atom stereocenters. The minimum absolute atomic E-state index is 0.0752. The highest BCUT2D eigenvalue weighted by Crippen LogP contribution is 2.21. The highest BCUT2D eigenvalue weighted by molar-refractivity contribution is 6.35. The number of fused-ring (bicyclic) bond motifs is 1. The van der Waals surface area contributed by atoms with Crippen LogP contribution in [0.25, 0.3) is 10.9 Å². The Kier molecular flexibility index (Phi) is 3.95. The minimum atomic E-state index is -0.0752. The number of nitrogens with zero attached hydrogens (tertiary/aromatic N) is 1. The number of para-hydroxylation sites is 1. The maximum Gasteiger partial charge on any atom is 0.226 e. The lowest BCUT2D eigenvalue weighted by Crippen LogP contribution is -2.25. The second kappa shape index (κ2) is 5.65. The fourth-order valence-electron chi connectivity index (χ4n) is 1.66. The topological polar surface area (TPSA) is 42.0 Å². The van der Waals surface area contributed by atoms with Crippen molar-refractivity contribution in [2.45, 2.75) is 6.42 Å². The Labute approximate surface area is 110 Å². The zero-order chi connectivity index (χ0) is 13.0. The molecule has 0 saturated heterocycles. The molecule has 1 aromatic carbocycles. The van der Waals surface area contributed by atoms with E-state index in [0.29, 0.717) is 17.3 Å². The highest BCUT2D eigenvalue weighted by atomic mass is 35.5. The molecule has 0 spiro atoms. The molecule has 0 atom stereocenters. The molecule has 2 rings (SSSR count). The van der Waals surface area contributed by atoms with Crippen molar-refractivity contribution in [3.8, 4) is 0 Å². The minimum Gasteiger partial charge on any atom is -0.352 e. The molecule has 0 radical (unpaired) electrons. The van der Waals surface area contributed by atoms with Crippen molar-refractivity contribution < 1.29 is 4.79 Å². The van der Waals surface area contributed by atoms with E-state index in [-0.39, 0.29) is 12.3 Å². The first-order valence-electron chi connectivity index (χ1n) is 5.62. The monoisotopic (exact) mass is 260 g/mol. The number of nitrogens with one attached hydrogen (secondary N) is 1. The molecule has 1 amide bonds. The molecule has 2 aromatic rings. The van der Waals surface area contributed by atoms with Crippen LogP contribution in [0.1, 0.15) is 5.69 Å². The number of hydrogen-bond acceptors (Lipinski definition) is 2. The lowest BCUT2D eigenvalue weighted by Gasteiger charge is -2.04. The molecule has 0 aliphatic carbocycles. The number of carbonyl (C=O) groups excluding carboxylic acids is 1. The van der Waals surface area contributed by atoms with E-state index in [9.17, 15) is 4.79 Å². The number of halogens is 1. The lowest BCUT2D eigenvalue weighted by molar-refractivity contribution is -0.120. The summed E-state index contributed by atoms with van der Waals surface area (Å²) >= 11 is 6.07. The maximum absolute atomic E-state index is 11.6. The van der Waals surface area contributed by atoms with Gasteiger partial charge >= 0.3 is 0 Å². The molecule has 0 fully saturated rings. The molecule has 0 bridgehead atoms. The molecule has 18 heavy (non-hydrogen) atoms. The summed E-state index contributed by atoms with van der Waals surface area (Å²) < 4.78 is 0. The summed E-state index contributed by atoms with van der Waals surface area (Å²) in [6.45, 7) is 4.01. The van der Waals surface area contributed by atoms with Crippen LogP contribution in [0.5, 0.6) is 0 Å². The van der Waals surface area contributed by atoms with Crippen LogP contribution in [-0.4, -0.2) is 17.4 Å². The molecule has 1 heterocycles. The summed E-state index contributed by atoms with van der Waals surface area (Å²) in [5.41, 5.74) is 1.44. The van der Waals surface area contributed by atoms with Gasteiger partial charge in [0.05, 0.1) is 22.7 Å². The van der Waals surface area contributed by atoms with Crippen molar-refractivity contribution in [3.05, 3.63) is 53.7 Å². The quantitative estimate of drug-likeness (QED) is 0.859. The Hall–Kier alpha value is -1.87. The van der Waals surface area contributed by atoms with Gasteiger partial charge in [0.2, 0.25) is 5.91 Å². The lowest BCUT2D eigenvalue weighted by atomic mass is 10.2. The highest BCUT2D eigenvalue weighted by Gasteiger charge is 2.06. The summed E-state index contributed by atoms with van der Waals surface area (Å²) in [6.07, 6.45) is 1.89. The average molecular weight is 261 g/mol. The second-order valence-electron chi connectivity index (χ2n) is 3.88. The van der Waals surface area contributed by atoms with Gasteiger partial charge in [-0.05, 0) is 12.1 Å². The van der Waals surface area contributed by atoms with Gasteiger partial charge in [0, 0.05) is 11.9 Å². The summed E-state index contributed by atoms with van der Waals surface area (Å²) in [4.78, 5) is 16.0. The standard InChI is InChI=1S/C14H13ClN2O/c1-2-8-16-13(18)9-11-7-6-10-4-3-5-12(15)14(10)17-11/h2-7H,1,8-9H2,(H,16,18). The van der Waals surface area contributed by atoms with E-state index in [1.807, 2.05) is 24.3 Å². The number of rotatable bonds is 4. The van der Waals surface area contributed by atoms with Crippen LogP contribution >= 0.6 is 11.6 Å². The maximum atomic E-state index is 11.6. The van der Waals surface area contributed by atoms with E-state index < -0.39 is 0 Å². The van der Waals surface area contributed by atoms with E-state index in [1.54, 1.807) is 12.1 Å². The van der Waals surface area contributed by atoms with E-state index in [1.165, 1.54) is 0 Å².